The topological polar surface area (TPSA) is 67.6 Å². The van der Waals surface area contributed by atoms with Crippen LogP contribution in [0.4, 0.5) is 4.39 Å². The predicted octanol–water partition coefficient (Wildman–Crippen LogP) is 4.69. The highest BCUT2D eigenvalue weighted by Crippen LogP contribution is 2.36. The molecule has 7 nitrogen and oxygen atoms in total. The lowest BCUT2D eigenvalue weighted by Gasteiger charge is -2.30. The summed E-state index contributed by atoms with van der Waals surface area (Å²) in [6.45, 7) is 4.06. The number of rotatable bonds is 3. The fourth-order valence-corrected chi connectivity index (χ4v) is 5.11. The van der Waals surface area contributed by atoms with Crippen molar-refractivity contribution in [2.75, 3.05) is 20.1 Å². The Balaban J connectivity index is 1.49. The Bertz CT molecular complexity index is 1480. The number of piperidine rings is 1. The molecule has 0 bridgehead atoms. The lowest BCUT2D eigenvalue weighted by Crippen LogP contribution is -2.31. The molecule has 168 valence electrons. The minimum absolute atomic E-state index is 0.289. The van der Waals surface area contributed by atoms with Gasteiger partial charge in [0.05, 0.1) is 11.7 Å². The fraction of sp³-hybridized carbons (Fsp3) is 0.320. The molecule has 1 aromatic carbocycles. The van der Waals surface area contributed by atoms with Gasteiger partial charge in [-0.3, -0.25) is 4.68 Å². The summed E-state index contributed by atoms with van der Waals surface area (Å²) in [5.74, 6) is 0.582. The third-order valence-electron chi connectivity index (χ3n) is 6.86. The van der Waals surface area contributed by atoms with Gasteiger partial charge in [0, 0.05) is 53.8 Å². The number of H-pyrrole nitrogens is 1. The average Bonchev–Trinajstić information content (AvgIpc) is 3.50. The number of nitrogens with zero attached hydrogens (tertiary/aromatic N) is 6. The second-order valence-electron chi connectivity index (χ2n) is 9.11. The predicted molar refractivity (Wildman–Crippen MR) is 127 cm³/mol. The van der Waals surface area contributed by atoms with Gasteiger partial charge in [0.1, 0.15) is 17.0 Å². The van der Waals surface area contributed by atoms with Gasteiger partial charge in [-0.05, 0) is 63.7 Å². The Hall–Kier alpha value is -3.52. The van der Waals surface area contributed by atoms with Crippen LogP contribution in [0, 0.1) is 12.7 Å². The summed E-state index contributed by atoms with van der Waals surface area (Å²) in [5, 5.41) is 5.22. The molecule has 1 aliphatic rings. The van der Waals surface area contributed by atoms with E-state index in [2.05, 4.69) is 48.7 Å². The van der Waals surface area contributed by atoms with Crippen LogP contribution in [0.2, 0.25) is 0 Å². The molecule has 0 unspecified atom stereocenters. The zero-order chi connectivity index (χ0) is 22.7. The molecular formula is C25H26FN7. The van der Waals surface area contributed by atoms with E-state index in [0.717, 1.165) is 70.6 Å². The van der Waals surface area contributed by atoms with E-state index in [1.165, 1.54) is 0 Å². The van der Waals surface area contributed by atoms with Crippen LogP contribution in [0.25, 0.3) is 44.3 Å². The van der Waals surface area contributed by atoms with Crippen LogP contribution in [0.1, 0.15) is 24.7 Å². The van der Waals surface area contributed by atoms with Crippen LogP contribution in [0.5, 0.6) is 0 Å². The fourth-order valence-electron chi connectivity index (χ4n) is 5.11. The van der Waals surface area contributed by atoms with Gasteiger partial charge < -0.3 is 14.5 Å². The highest BCUT2D eigenvalue weighted by Gasteiger charge is 2.24. The standard InChI is InChI=1S/C25H26FN7/c1-15-30-24-22(26)9-16(10-23(24)33(15)19-4-6-31(2)7-5-19)21-13-28-25-20(21)8-17(11-27-25)18-12-29-32(3)14-18/h8-14,19H,4-7H2,1-3H3,(H,27,28). The Labute approximate surface area is 190 Å². The van der Waals surface area contributed by atoms with Gasteiger partial charge in [-0.2, -0.15) is 5.10 Å². The number of fused-ring (bicyclic) bond motifs is 2. The molecule has 4 aromatic heterocycles. The van der Waals surface area contributed by atoms with Crippen molar-refractivity contribution in [1.82, 2.24) is 34.2 Å². The second-order valence-corrected chi connectivity index (χ2v) is 9.11. The number of imidazole rings is 1. The first-order valence-electron chi connectivity index (χ1n) is 11.3. The minimum atomic E-state index is -0.289. The average molecular weight is 444 g/mol. The van der Waals surface area contributed by atoms with Crippen LogP contribution < -0.4 is 0 Å². The SMILES string of the molecule is Cc1nc2c(F)cc(-c3c[nH]c4ncc(-c5cnn(C)c5)cc34)cc2n1C1CCN(C)CC1. The van der Waals surface area contributed by atoms with Crippen molar-refractivity contribution in [3.63, 3.8) is 0 Å². The van der Waals surface area contributed by atoms with Crippen LogP contribution in [0.15, 0.2) is 43.0 Å². The van der Waals surface area contributed by atoms with Crippen molar-refractivity contribution >= 4 is 22.1 Å². The van der Waals surface area contributed by atoms with Gasteiger partial charge in [0.15, 0.2) is 5.82 Å². The summed E-state index contributed by atoms with van der Waals surface area (Å²) in [6.07, 6.45) is 9.62. The van der Waals surface area contributed by atoms with Crippen molar-refractivity contribution in [3.05, 3.63) is 54.6 Å². The third-order valence-corrected chi connectivity index (χ3v) is 6.86. The number of halogens is 1. The van der Waals surface area contributed by atoms with E-state index < -0.39 is 0 Å². The van der Waals surface area contributed by atoms with E-state index >= 15 is 4.39 Å². The number of aryl methyl sites for hydroxylation is 2. The van der Waals surface area contributed by atoms with Crippen molar-refractivity contribution in [2.45, 2.75) is 25.8 Å². The highest BCUT2D eigenvalue weighted by atomic mass is 19.1. The lowest BCUT2D eigenvalue weighted by molar-refractivity contribution is 0.222. The van der Waals surface area contributed by atoms with Gasteiger partial charge in [0.2, 0.25) is 0 Å². The Kier molecular flexibility index (Phi) is 4.58. The number of benzene rings is 1. The maximum absolute atomic E-state index is 15.3. The van der Waals surface area contributed by atoms with Gasteiger partial charge in [-0.15, -0.1) is 0 Å². The van der Waals surface area contributed by atoms with E-state index in [-0.39, 0.29) is 5.82 Å². The van der Waals surface area contributed by atoms with E-state index in [1.807, 2.05) is 38.8 Å². The highest BCUT2D eigenvalue weighted by molar-refractivity contribution is 5.97. The zero-order valence-electron chi connectivity index (χ0n) is 19.0. The third kappa shape index (κ3) is 3.33. The summed E-state index contributed by atoms with van der Waals surface area (Å²) >= 11 is 0. The van der Waals surface area contributed by atoms with Crippen molar-refractivity contribution in [3.8, 4) is 22.3 Å². The number of hydrogen-bond donors (Lipinski definition) is 1. The minimum Gasteiger partial charge on any atom is -0.346 e. The van der Waals surface area contributed by atoms with Crippen molar-refractivity contribution in [2.24, 2.45) is 7.05 Å². The summed E-state index contributed by atoms with van der Waals surface area (Å²) in [4.78, 5) is 14.8. The second kappa shape index (κ2) is 7.52. The normalized spacial score (nSPS) is 15.8. The molecule has 0 aliphatic carbocycles. The largest absolute Gasteiger partial charge is 0.346 e. The summed E-state index contributed by atoms with van der Waals surface area (Å²) in [5.41, 5.74) is 5.82. The number of likely N-dealkylation sites (tertiary alicyclic amines) is 1. The molecular weight excluding hydrogens is 417 g/mol. The maximum atomic E-state index is 15.3. The monoisotopic (exact) mass is 443 g/mol. The first kappa shape index (κ1) is 20.1. The number of aromatic nitrogens is 6. The molecule has 1 fully saturated rings. The van der Waals surface area contributed by atoms with Crippen LogP contribution in [-0.2, 0) is 7.05 Å². The number of hydrogen-bond acceptors (Lipinski definition) is 4. The molecule has 0 spiro atoms. The molecule has 0 atom stereocenters. The van der Waals surface area contributed by atoms with Gasteiger partial charge in [0.25, 0.3) is 0 Å². The Morgan fingerprint density at radius 2 is 1.85 bits per heavy atom. The van der Waals surface area contributed by atoms with Crippen LogP contribution >= 0.6 is 0 Å². The van der Waals surface area contributed by atoms with E-state index in [9.17, 15) is 0 Å². The van der Waals surface area contributed by atoms with Crippen LogP contribution in [-0.4, -0.2) is 54.3 Å². The molecule has 5 aromatic rings. The first-order valence-corrected chi connectivity index (χ1v) is 11.3. The van der Waals surface area contributed by atoms with E-state index in [0.29, 0.717) is 11.6 Å². The molecule has 1 N–H and O–H groups in total. The number of aromatic amines is 1. The number of pyridine rings is 1. The van der Waals surface area contributed by atoms with Gasteiger partial charge in [-0.25, -0.2) is 14.4 Å². The molecule has 33 heavy (non-hydrogen) atoms. The van der Waals surface area contributed by atoms with Gasteiger partial charge >= 0.3 is 0 Å². The Morgan fingerprint density at radius 3 is 2.61 bits per heavy atom. The quantitative estimate of drug-likeness (QED) is 0.439. The molecule has 1 aliphatic heterocycles. The summed E-state index contributed by atoms with van der Waals surface area (Å²) in [6, 6.07) is 6.10. The molecule has 8 heteroatoms. The lowest BCUT2D eigenvalue weighted by atomic mass is 10.0. The summed E-state index contributed by atoms with van der Waals surface area (Å²) in [7, 11) is 4.04. The molecule has 6 rings (SSSR count). The molecule has 1 saturated heterocycles. The maximum Gasteiger partial charge on any atom is 0.151 e. The Morgan fingerprint density at radius 1 is 1.03 bits per heavy atom. The molecule has 0 amide bonds. The number of nitrogens with one attached hydrogen (secondary N) is 1. The van der Waals surface area contributed by atoms with Crippen molar-refractivity contribution in [1.29, 1.82) is 0 Å². The molecule has 5 heterocycles. The first-order chi connectivity index (χ1) is 16.0. The van der Waals surface area contributed by atoms with Crippen LogP contribution in [0.3, 0.4) is 0 Å². The molecule has 0 radical (unpaired) electrons. The smallest absolute Gasteiger partial charge is 0.151 e. The van der Waals surface area contributed by atoms with E-state index in [4.69, 9.17) is 0 Å². The van der Waals surface area contributed by atoms with Crippen molar-refractivity contribution < 1.29 is 4.39 Å². The van der Waals surface area contributed by atoms with Gasteiger partial charge in [-0.1, -0.05) is 0 Å². The zero-order valence-corrected chi connectivity index (χ0v) is 19.0. The molecule has 0 saturated carbocycles. The van der Waals surface area contributed by atoms with E-state index in [1.54, 1.807) is 10.7 Å². The summed E-state index contributed by atoms with van der Waals surface area (Å²) < 4.78 is 19.3.